The van der Waals surface area contributed by atoms with Crippen LogP contribution in [-0.2, 0) is 9.59 Å². The summed E-state index contributed by atoms with van der Waals surface area (Å²) in [5.74, 6) is -0.571. The zero-order valence-electron chi connectivity index (χ0n) is 11.4. The van der Waals surface area contributed by atoms with Gasteiger partial charge in [0, 0.05) is 12.5 Å². The third-order valence-electron chi connectivity index (χ3n) is 4.41. The lowest BCUT2D eigenvalue weighted by Gasteiger charge is -2.33. The van der Waals surface area contributed by atoms with Crippen LogP contribution in [0.5, 0.6) is 0 Å². The number of hydrogen-bond donors (Lipinski definition) is 1. The van der Waals surface area contributed by atoms with Crippen molar-refractivity contribution in [1.29, 1.82) is 0 Å². The number of amides is 1. The summed E-state index contributed by atoms with van der Waals surface area (Å²) in [7, 11) is 0. The highest BCUT2D eigenvalue weighted by atomic mass is 16.4. The van der Waals surface area contributed by atoms with Crippen LogP contribution in [0.3, 0.4) is 0 Å². The van der Waals surface area contributed by atoms with Crippen molar-refractivity contribution in [2.24, 2.45) is 5.92 Å². The molecule has 1 heterocycles. The summed E-state index contributed by atoms with van der Waals surface area (Å²) in [5, 5.41) is 9.25. The molecule has 106 valence electrons. The van der Waals surface area contributed by atoms with Crippen molar-refractivity contribution in [2.75, 3.05) is 6.54 Å². The molecule has 1 aromatic carbocycles. The second-order valence-corrected chi connectivity index (χ2v) is 5.74. The summed E-state index contributed by atoms with van der Waals surface area (Å²) in [6.07, 6.45) is 3.25. The standard InChI is InChI=1S/C16H19NO3/c18-15(17-9-5-4-8-14(17)16(19)20)13-10-12(13)11-6-2-1-3-7-11/h1-3,6-7,12-14H,4-5,8-10H2,(H,19,20)/t12?,13?,14-/m1/s1. The van der Waals surface area contributed by atoms with Gasteiger partial charge in [0.2, 0.25) is 5.91 Å². The van der Waals surface area contributed by atoms with Crippen molar-refractivity contribution in [3.05, 3.63) is 35.9 Å². The van der Waals surface area contributed by atoms with Gasteiger partial charge in [0.15, 0.2) is 0 Å². The van der Waals surface area contributed by atoms with E-state index in [1.807, 2.05) is 30.3 Å². The first-order valence-electron chi connectivity index (χ1n) is 7.26. The molecule has 1 aliphatic carbocycles. The van der Waals surface area contributed by atoms with Gasteiger partial charge < -0.3 is 10.0 Å². The quantitative estimate of drug-likeness (QED) is 0.919. The van der Waals surface area contributed by atoms with Gasteiger partial charge in [-0.2, -0.15) is 0 Å². The fraction of sp³-hybridized carbons (Fsp3) is 0.500. The van der Waals surface area contributed by atoms with Gasteiger partial charge in [-0.15, -0.1) is 0 Å². The van der Waals surface area contributed by atoms with Gasteiger partial charge in [-0.1, -0.05) is 30.3 Å². The van der Waals surface area contributed by atoms with Crippen LogP contribution >= 0.6 is 0 Å². The molecule has 3 atom stereocenters. The first kappa shape index (κ1) is 13.2. The summed E-state index contributed by atoms with van der Waals surface area (Å²) in [5.41, 5.74) is 1.19. The molecular weight excluding hydrogens is 254 g/mol. The lowest BCUT2D eigenvalue weighted by molar-refractivity contribution is -0.152. The number of nitrogens with zero attached hydrogens (tertiary/aromatic N) is 1. The molecule has 0 bridgehead atoms. The van der Waals surface area contributed by atoms with Crippen molar-refractivity contribution in [1.82, 2.24) is 4.90 Å². The smallest absolute Gasteiger partial charge is 0.326 e. The Balaban J connectivity index is 1.69. The lowest BCUT2D eigenvalue weighted by atomic mass is 10.0. The fourth-order valence-corrected chi connectivity index (χ4v) is 3.20. The van der Waals surface area contributed by atoms with Crippen LogP contribution in [0.15, 0.2) is 30.3 Å². The molecule has 1 aliphatic heterocycles. The van der Waals surface area contributed by atoms with E-state index in [0.29, 0.717) is 13.0 Å². The number of carbonyl (C=O) groups excluding carboxylic acids is 1. The molecule has 3 rings (SSSR count). The largest absolute Gasteiger partial charge is 0.480 e. The van der Waals surface area contributed by atoms with Crippen molar-refractivity contribution in [2.45, 2.75) is 37.6 Å². The minimum Gasteiger partial charge on any atom is -0.480 e. The Morgan fingerprint density at radius 1 is 1.15 bits per heavy atom. The van der Waals surface area contributed by atoms with E-state index in [4.69, 9.17) is 0 Å². The number of carboxylic acid groups (broad SMARTS) is 1. The normalized spacial score (nSPS) is 29.0. The first-order valence-corrected chi connectivity index (χ1v) is 7.26. The summed E-state index contributed by atoms with van der Waals surface area (Å²) in [6.45, 7) is 0.591. The van der Waals surface area contributed by atoms with Gasteiger partial charge in [0.25, 0.3) is 0 Å². The van der Waals surface area contributed by atoms with Gasteiger partial charge in [0.1, 0.15) is 6.04 Å². The topological polar surface area (TPSA) is 57.6 Å². The average molecular weight is 273 g/mol. The zero-order chi connectivity index (χ0) is 14.1. The Labute approximate surface area is 118 Å². The van der Waals surface area contributed by atoms with Gasteiger partial charge in [-0.25, -0.2) is 4.79 Å². The third-order valence-corrected chi connectivity index (χ3v) is 4.41. The highest BCUT2D eigenvalue weighted by molar-refractivity contribution is 5.87. The van der Waals surface area contributed by atoms with Crippen molar-refractivity contribution in [3.63, 3.8) is 0 Å². The maximum atomic E-state index is 12.5. The van der Waals surface area contributed by atoms with Crippen LogP contribution in [0.4, 0.5) is 0 Å². The van der Waals surface area contributed by atoms with Gasteiger partial charge in [0.05, 0.1) is 0 Å². The van der Waals surface area contributed by atoms with E-state index in [1.165, 1.54) is 5.56 Å². The molecule has 4 heteroatoms. The van der Waals surface area contributed by atoms with Crippen molar-refractivity contribution in [3.8, 4) is 0 Å². The number of carboxylic acids is 1. The van der Waals surface area contributed by atoms with E-state index in [9.17, 15) is 14.7 Å². The van der Waals surface area contributed by atoms with Crippen LogP contribution in [0.25, 0.3) is 0 Å². The number of rotatable bonds is 3. The Bertz CT molecular complexity index is 514. The maximum Gasteiger partial charge on any atom is 0.326 e. The van der Waals surface area contributed by atoms with Crippen molar-refractivity contribution >= 4 is 11.9 Å². The minimum atomic E-state index is -0.866. The van der Waals surface area contributed by atoms with Gasteiger partial charge in [-0.05, 0) is 37.2 Å². The zero-order valence-corrected chi connectivity index (χ0v) is 11.4. The van der Waals surface area contributed by atoms with E-state index in [-0.39, 0.29) is 17.7 Å². The molecular formula is C16H19NO3. The van der Waals surface area contributed by atoms with E-state index in [2.05, 4.69) is 0 Å². The van der Waals surface area contributed by atoms with Crippen LogP contribution in [-0.4, -0.2) is 34.5 Å². The van der Waals surface area contributed by atoms with E-state index in [1.54, 1.807) is 4.90 Å². The molecule has 2 aliphatic rings. The van der Waals surface area contributed by atoms with E-state index >= 15 is 0 Å². The number of hydrogen-bond acceptors (Lipinski definition) is 2. The highest BCUT2D eigenvalue weighted by Crippen LogP contribution is 2.48. The SMILES string of the molecule is O=C(O)[C@H]1CCCCN1C(=O)C1CC1c1ccccc1. The fourth-order valence-electron chi connectivity index (χ4n) is 3.20. The molecule has 1 N–H and O–H groups in total. The third kappa shape index (κ3) is 2.42. The predicted octanol–water partition coefficient (Wildman–Crippen LogP) is 2.26. The lowest BCUT2D eigenvalue weighted by Crippen LogP contribution is -2.48. The molecule has 0 spiro atoms. The highest BCUT2D eigenvalue weighted by Gasteiger charge is 2.47. The van der Waals surface area contributed by atoms with E-state index < -0.39 is 12.0 Å². The minimum absolute atomic E-state index is 0.0163. The summed E-state index contributed by atoms with van der Waals surface area (Å²) in [6, 6.07) is 9.40. The van der Waals surface area contributed by atoms with Crippen LogP contribution in [0.2, 0.25) is 0 Å². The molecule has 4 nitrogen and oxygen atoms in total. The van der Waals surface area contributed by atoms with Crippen molar-refractivity contribution < 1.29 is 14.7 Å². The maximum absolute atomic E-state index is 12.5. The average Bonchev–Trinajstić information content (AvgIpc) is 3.28. The Hall–Kier alpha value is -1.84. The Morgan fingerprint density at radius 2 is 1.90 bits per heavy atom. The molecule has 1 saturated carbocycles. The number of aliphatic carboxylic acids is 1. The molecule has 1 aromatic rings. The molecule has 0 aromatic heterocycles. The monoisotopic (exact) mass is 273 g/mol. The first-order chi connectivity index (χ1) is 9.68. The number of benzene rings is 1. The summed E-state index contributed by atoms with van der Waals surface area (Å²) >= 11 is 0. The molecule has 1 saturated heterocycles. The summed E-state index contributed by atoms with van der Waals surface area (Å²) in [4.78, 5) is 25.4. The van der Waals surface area contributed by atoms with Crippen LogP contribution < -0.4 is 0 Å². The summed E-state index contributed by atoms with van der Waals surface area (Å²) < 4.78 is 0. The number of piperidine rings is 1. The van der Waals surface area contributed by atoms with Crippen LogP contribution in [0.1, 0.15) is 37.2 Å². The molecule has 1 amide bonds. The van der Waals surface area contributed by atoms with Crippen LogP contribution in [0, 0.1) is 5.92 Å². The Morgan fingerprint density at radius 3 is 2.60 bits per heavy atom. The second-order valence-electron chi connectivity index (χ2n) is 5.74. The van der Waals surface area contributed by atoms with E-state index in [0.717, 1.165) is 19.3 Å². The number of likely N-dealkylation sites (tertiary alicyclic amines) is 1. The molecule has 20 heavy (non-hydrogen) atoms. The number of carbonyl (C=O) groups is 2. The molecule has 2 fully saturated rings. The van der Waals surface area contributed by atoms with Gasteiger partial charge in [-0.3, -0.25) is 4.79 Å². The second kappa shape index (κ2) is 5.27. The Kier molecular flexibility index (Phi) is 3.47. The molecule has 0 radical (unpaired) electrons. The molecule has 2 unspecified atom stereocenters. The predicted molar refractivity (Wildman–Crippen MR) is 74.3 cm³/mol. The van der Waals surface area contributed by atoms with Gasteiger partial charge >= 0.3 is 5.97 Å².